The highest BCUT2D eigenvalue weighted by atomic mass is 32.1. The fraction of sp³-hybridized carbons (Fsp3) is 0.429. The van der Waals surface area contributed by atoms with Crippen LogP contribution >= 0.6 is 11.3 Å². The summed E-state index contributed by atoms with van der Waals surface area (Å²) in [5, 5.41) is 0. The van der Waals surface area contributed by atoms with Gasteiger partial charge in [-0.25, -0.2) is 0 Å². The molecule has 0 bridgehead atoms. The molecular weight excluding hydrogens is 260 g/mol. The highest BCUT2D eigenvalue weighted by Gasteiger charge is 2.08. The first-order chi connectivity index (χ1) is 9.19. The fourth-order valence-corrected chi connectivity index (χ4v) is 2.94. The Bertz CT molecular complexity index is 655. The molecular formula is C14H18N2O2S. The molecule has 4 nitrogen and oxygen atoms in total. The van der Waals surface area contributed by atoms with Crippen molar-refractivity contribution in [3.05, 3.63) is 23.0 Å². The Morgan fingerprint density at radius 2 is 2.21 bits per heavy atom. The van der Waals surface area contributed by atoms with Gasteiger partial charge < -0.3 is 9.30 Å². The minimum Gasteiger partial charge on any atom is -0.497 e. The van der Waals surface area contributed by atoms with Crippen LogP contribution in [0.15, 0.2) is 23.2 Å². The van der Waals surface area contributed by atoms with E-state index in [1.54, 1.807) is 18.4 Å². The molecule has 0 aliphatic heterocycles. The van der Waals surface area contributed by atoms with Crippen LogP contribution in [0.2, 0.25) is 0 Å². The lowest BCUT2D eigenvalue weighted by atomic mass is 10.3. The normalized spacial score (nSPS) is 12.1. The fourth-order valence-electron chi connectivity index (χ4n) is 1.89. The van der Waals surface area contributed by atoms with E-state index in [1.165, 1.54) is 0 Å². The zero-order valence-electron chi connectivity index (χ0n) is 11.5. The summed E-state index contributed by atoms with van der Waals surface area (Å²) < 4.78 is 8.48. The first-order valence-electron chi connectivity index (χ1n) is 6.44. The van der Waals surface area contributed by atoms with Crippen LogP contribution in [0.25, 0.3) is 10.2 Å². The van der Waals surface area contributed by atoms with Crippen molar-refractivity contribution in [3.63, 3.8) is 0 Å². The molecule has 1 aromatic heterocycles. The number of aryl methyl sites for hydroxylation is 1. The zero-order chi connectivity index (χ0) is 13.8. The number of carbonyl (C=O) groups is 1. The minimum absolute atomic E-state index is 0.0802. The van der Waals surface area contributed by atoms with Crippen molar-refractivity contribution in [2.24, 2.45) is 4.99 Å². The van der Waals surface area contributed by atoms with E-state index < -0.39 is 0 Å². The van der Waals surface area contributed by atoms with Gasteiger partial charge in [-0.1, -0.05) is 25.2 Å². The van der Waals surface area contributed by atoms with Crippen LogP contribution < -0.4 is 9.54 Å². The molecule has 0 aliphatic carbocycles. The van der Waals surface area contributed by atoms with Crippen LogP contribution in [0.5, 0.6) is 5.75 Å². The van der Waals surface area contributed by atoms with Crippen molar-refractivity contribution in [2.75, 3.05) is 7.11 Å². The minimum atomic E-state index is -0.0802. The van der Waals surface area contributed by atoms with Gasteiger partial charge in [0, 0.05) is 19.0 Å². The SMILES string of the molecule is CCCn1c(=NC(=O)CC)sc2ccc(OC)cc21. The number of amides is 1. The lowest BCUT2D eigenvalue weighted by molar-refractivity contribution is -0.117. The summed E-state index contributed by atoms with van der Waals surface area (Å²) in [6.07, 6.45) is 1.43. The van der Waals surface area contributed by atoms with Gasteiger partial charge in [0.2, 0.25) is 5.91 Å². The van der Waals surface area contributed by atoms with E-state index in [-0.39, 0.29) is 5.91 Å². The number of ether oxygens (including phenoxy) is 1. The largest absolute Gasteiger partial charge is 0.497 e. The zero-order valence-corrected chi connectivity index (χ0v) is 12.3. The average Bonchev–Trinajstić information content (AvgIpc) is 2.76. The number of hydrogen-bond donors (Lipinski definition) is 0. The molecule has 19 heavy (non-hydrogen) atoms. The van der Waals surface area contributed by atoms with Gasteiger partial charge in [-0.05, 0) is 18.6 Å². The number of benzene rings is 1. The lowest BCUT2D eigenvalue weighted by Gasteiger charge is -2.04. The Kier molecular flexibility index (Phi) is 4.37. The van der Waals surface area contributed by atoms with Gasteiger partial charge >= 0.3 is 0 Å². The summed E-state index contributed by atoms with van der Waals surface area (Å²) in [5.41, 5.74) is 1.08. The highest BCUT2D eigenvalue weighted by Crippen LogP contribution is 2.23. The molecule has 0 saturated carbocycles. The number of aromatic nitrogens is 1. The Morgan fingerprint density at radius 3 is 2.84 bits per heavy atom. The molecule has 0 N–H and O–H groups in total. The maximum absolute atomic E-state index is 11.5. The summed E-state index contributed by atoms with van der Waals surface area (Å²) in [4.78, 5) is 16.5. The van der Waals surface area contributed by atoms with Crippen LogP contribution in [0, 0.1) is 0 Å². The Morgan fingerprint density at radius 1 is 1.42 bits per heavy atom. The van der Waals surface area contributed by atoms with Gasteiger partial charge in [0.25, 0.3) is 0 Å². The van der Waals surface area contributed by atoms with E-state index in [1.807, 2.05) is 25.1 Å². The highest BCUT2D eigenvalue weighted by molar-refractivity contribution is 7.16. The molecule has 0 saturated heterocycles. The lowest BCUT2D eigenvalue weighted by Crippen LogP contribution is -2.16. The standard InChI is InChI=1S/C14H18N2O2S/c1-4-8-16-11-9-10(18-3)6-7-12(11)19-14(16)15-13(17)5-2/h6-7,9H,4-5,8H2,1-3H3. The molecule has 1 amide bonds. The molecule has 0 spiro atoms. The topological polar surface area (TPSA) is 43.6 Å². The molecule has 1 heterocycles. The molecule has 5 heteroatoms. The Labute approximate surface area is 116 Å². The molecule has 0 aliphatic rings. The summed E-state index contributed by atoms with van der Waals surface area (Å²) in [6, 6.07) is 5.94. The molecule has 102 valence electrons. The number of methoxy groups -OCH3 is 1. The maximum Gasteiger partial charge on any atom is 0.248 e. The van der Waals surface area contributed by atoms with Crippen molar-refractivity contribution in [1.29, 1.82) is 0 Å². The average molecular weight is 278 g/mol. The summed E-state index contributed by atoms with van der Waals surface area (Å²) in [5.74, 6) is 0.742. The van der Waals surface area contributed by atoms with Crippen LogP contribution in [0.3, 0.4) is 0 Å². The molecule has 2 rings (SSSR count). The Balaban J connectivity index is 2.67. The third kappa shape index (κ3) is 2.87. The third-order valence-corrected chi connectivity index (χ3v) is 3.92. The monoisotopic (exact) mass is 278 g/mol. The van der Waals surface area contributed by atoms with E-state index in [0.717, 1.165) is 33.7 Å². The van der Waals surface area contributed by atoms with Crippen LogP contribution in [-0.4, -0.2) is 17.6 Å². The van der Waals surface area contributed by atoms with E-state index in [9.17, 15) is 4.79 Å². The summed E-state index contributed by atoms with van der Waals surface area (Å²) in [7, 11) is 1.66. The van der Waals surface area contributed by atoms with Gasteiger partial charge in [-0.15, -0.1) is 0 Å². The van der Waals surface area contributed by atoms with Gasteiger partial charge in [0.05, 0.1) is 17.3 Å². The van der Waals surface area contributed by atoms with Crippen molar-refractivity contribution in [3.8, 4) is 5.75 Å². The predicted octanol–water partition coefficient (Wildman–Crippen LogP) is 2.96. The maximum atomic E-state index is 11.5. The van der Waals surface area contributed by atoms with E-state index in [2.05, 4.69) is 16.5 Å². The summed E-state index contributed by atoms with van der Waals surface area (Å²) >= 11 is 1.55. The second-order valence-electron chi connectivity index (χ2n) is 4.23. The van der Waals surface area contributed by atoms with E-state index in [0.29, 0.717) is 6.42 Å². The second kappa shape index (κ2) is 6.02. The smallest absolute Gasteiger partial charge is 0.248 e. The number of hydrogen-bond acceptors (Lipinski definition) is 3. The number of thiazole rings is 1. The van der Waals surface area contributed by atoms with E-state index >= 15 is 0 Å². The van der Waals surface area contributed by atoms with Crippen molar-refractivity contribution in [1.82, 2.24) is 4.57 Å². The molecule has 0 unspecified atom stereocenters. The quantitative estimate of drug-likeness (QED) is 0.863. The van der Waals surface area contributed by atoms with E-state index in [4.69, 9.17) is 4.74 Å². The van der Waals surface area contributed by atoms with Crippen LogP contribution in [-0.2, 0) is 11.3 Å². The van der Waals surface area contributed by atoms with Crippen LogP contribution in [0.4, 0.5) is 0 Å². The van der Waals surface area contributed by atoms with Gasteiger partial charge in [-0.3, -0.25) is 4.79 Å². The molecule has 0 fully saturated rings. The van der Waals surface area contributed by atoms with Crippen LogP contribution in [0.1, 0.15) is 26.7 Å². The number of rotatable bonds is 4. The molecule has 1 aromatic carbocycles. The number of nitrogens with zero attached hydrogens (tertiary/aromatic N) is 2. The third-order valence-electron chi connectivity index (χ3n) is 2.86. The first kappa shape index (κ1) is 13.8. The molecule has 0 atom stereocenters. The van der Waals surface area contributed by atoms with Gasteiger partial charge in [0.15, 0.2) is 4.80 Å². The number of carbonyl (C=O) groups excluding carboxylic acids is 1. The molecule has 0 radical (unpaired) electrons. The summed E-state index contributed by atoms with van der Waals surface area (Å²) in [6.45, 7) is 4.79. The first-order valence-corrected chi connectivity index (χ1v) is 7.26. The van der Waals surface area contributed by atoms with Crippen molar-refractivity contribution < 1.29 is 9.53 Å². The van der Waals surface area contributed by atoms with Gasteiger partial charge in [0.1, 0.15) is 5.75 Å². The van der Waals surface area contributed by atoms with Crippen molar-refractivity contribution >= 4 is 27.5 Å². The predicted molar refractivity (Wildman–Crippen MR) is 77.5 cm³/mol. The number of fused-ring (bicyclic) bond motifs is 1. The second-order valence-corrected chi connectivity index (χ2v) is 5.24. The Hall–Kier alpha value is -1.62. The molecule has 2 aromatic rings. The van der Waals surface area contributed by atoms with Crippen molar-refractivity contribution in [2.45, 2.75) is 33.2 Å². The van der Waals surface area contributed by atoms with Gasteiger partial charge in [-0.2, -0.15) is 4.99 Å².